The van der Waals surface area contributed by atoms with Crippen LogP contribution in [-0.2, 0) is 12.0 Å². The van der Waals surface area contributed by atoms with Crippen LogP contribution in [0.5, 0.6) is 5.75 Å². The van der Waals surface area contributed by atoms with Gasteiger partial charge >= 0.3 is 0 Å². The summed E-state index contributed by atoms with van der Waals surface area (Å²) in [7, 11) is 0. The first-order valence-corrected chi connectivity index (χ1v) is 7.50. The van der Waals surface area contributed by atoms with Gasteiger partial charge in [-0.2, -0.15) is 5.10 Å². The maximum absolute atomic E-state index is 10.1. The minimum atomic E-state index is -0.547. The Morgan fingerprint density at radius 2 is 2.14 bits per heavy atom. The van der Waals surface area contributed by atoms with Crippen molar-refractivity contribution in [2.24, 2.45) is 0 Å². The van der Waals surface area contributed by atoms with Gasteiger partial charge in [-0.05, 0) is 24.6 Å². The Morgan fingerprint density at radius 1 is 1.38 bits per heavy atom. The molecule has 0 amide bonds. The smallest absolute Gasteiger partial charge is 0.128 e. The minimum Gasteiger partial charge on any atom is -0.490 e. The molecule has 1 N–H and O–H groups in total. The maximum Gasteiger partial charge on any atom is 0.128 e. The quantitative estimate of drug-likeness (QED) is 0.923. The molecule has 1 aliphatic rings. The molecular weight excluding hydrogens is 264 g/mol. The molecule has 0 bridgehead atoms. The van der Waals surface area contributed by atoms with Crippen LogP contribution < -0.4 is 4.74 Å². The number of benzene rings is 1. The summed E-state index contributed by atoms with van der Waals surface area (Å²) in [5.41, 5.74) is 3.13. The van der Waals surface area contributed by atoms with E-state index in [4.69, 9.17) is 9.84 Å². The SMILES string of the molecule is CCC(C)(C)c1cc2n(n1)C[C@H](O)COc1ccccc1-2. The maximum atomic E-state index is 10.1. The highest BCUT2D eigenvalue weighted by Gasteiger charge is 2.26. The van der Waals surface area contributed by atoms with E-state index in [-0.39, 0.29) is 5.41 Å². The lowest BCUT2D eigenvalue weighted by atomic mass is 9.86. The zero-order chi connectivity index (χ0) is 15.0. The molecule has 0 radical (unpaired) electrons. The van der Waals surface area contributed by atoms with Crippen molar-refractivity contribution >= 4 is 0 Å². The largest absolute Gasteiger partial charge is 0.490 e. The second-order valence-corrected chi connectivity index (χ2v) is 6.30. The van der Waals surface area contributed by atoms with Gasteiger partial charge in [0.15, 0.2) is 0 Å². The monoisotopic (exact) mass is 286 g/mol. The molecule has 0 aliphatic carbocycles. The first-order chi connectivity index (χ1) is 10.0. The summed E-state index contributed by atoms with van der Waals surface area (Å²) in [5, 5.41) is 14.8. The predicted molar refractivity (Wildman–Crippen MR) is 82.5 cm³/mol. The fourth-order valence-corrected chi connectivity index (χ4v) is 2.53. The molecule has 3 rings (SSSR count). The van der Waals surface area contributed by atoms with E-state index < -0.39 is 6.10 Å². The molecule has 4 nitrogen and oxygen atoms in total. The number of aliphatic hydroxyl groups is 1. The summed E-state index contributed by atoms with van der Waals surface area (Å²) in [6.45, 7) is 7.32. The van der Waals surface area contributed by atoms with Gasteiger partial charge in [-0.3, -0.25) is 4.68 Å². The summed E-state index contributed by atoms with van der Waals surface area (Å²) in [5.74, 6) is 0.804. The van der Waals surface area contributed by atoms with Crippen molar-refractivity contribution in [2.45, 2.75) is 45.3 Å². The van der Waals surface area contributed by atoms with Gasteiger partial charge in [-0.25, -0.2) is 0 Å². The standard InChI is InChI=1S/C17H22N2O2/c1-4-17(2,3)16-9-14-13-7-5-6-8-15(13)21-11-12(20)10-19(14)18-16/h5-9,12,20H,4,10-11H2,1-3H3/t12-/m0/s1. The van der Waals surface area contributed by atoms with E-state index in [0.29, 0.717) is 13.2 Å². The van der Waals surface area contributed by atoms with Gasteiger partial charge in [0.05, 0.1) is 17.9 Å². The van der Waals surface area contributed by atoms with Gasteiger partial charge < -0.3 is 9.84 Å². The molecule has 0 fully saturated rings. The van der Waals surface area contributed by atoms with E-state index >= 15 is 0 Å². The Labute approximate surface area is 125 Å². The van der Waals surface area contributed by atoms with Crippen LogP contribution in [0.25, 0.3) is 11.3 Å². The van der Waals surface area contributed by atoms with Crippen molar-refractivity contribution in [2.75, 3.05) is 6.61 Å². The number of nitrogens with zero attached hydrogens (tertiary/aromatic N) is 2. The van der Waals surface area contributed by atoms with Crippen LogP contribution in [-0.4, -0.2) is 27.6 Å². The summed E-state index contributed by atoms with van der Waals surface area (Å²) < 4.78 is 7.64. The summed E-state index contributed by atoms with van der Waals surface area (Å²) in [4.78, 5) is 0. The highest BCUT2D eigenvalue weighted by atomic mass is 16.5. The third kappa shape index (κ3) is 2.56. The van der Waals surface area contributed by atoms with Crippen LogP contribution in [0.1, 0.15) is 32.9 Å². The molecule has 0 unspecified atom stereocenters. The molecule has 1 aromatic heterocycles. The van der Waals surface area contributed by atoms with Crippen LogP contribution in [0.3, 0.4) is 0 Å². The Balaban J connectivity index is 2.16. The summed E-state index contributed by atoms with van der Waals surface area (Å²) in [6, 6.07) is 10.1. The highest BCUT2D eigenvalue weighted by Crippen LogP contribution is 2.35. The second kappa shape index (κ2) is 5.19. The number of fused-ring (bicyclic) bond motifs is 3. The van der Waals surface area contributed by atoms with Crippen LogP contribution >= 0.6 is 0 Å². The number of aromatic nitrogens is 2. The Bertz CT molecular complexity index is 646. The number of ether oxygens (including phenoxy) is 1. The molecule has 0 saturated carbocycles. The first kappa shape index (κ1) is 14.1. The minimum absolute atomic E-state index is 0.0226. The van der Waals surface area contributed by atoms with Crippen LogP contribution in [0.15, 0.2) is 30.3 Å². The molecular formula is C17H22N2O2. The van der Waals surface area contributed by atoms with Crippen molar-refractivity contribution in [1.82, 2.24) is 9.78 Å². The van der Waals surface area contributed by atoms with Crippen LogP contribution in [0, 0.1) is 0 Å². The topological polar surface area (TPSA) is 47.3 Å². The zero-order valence-corrected chi connectivity index (χ0v) is 12.8. The Kier molecular flexibility index (Phi) is 3.49. The Morgan fingerprint density at radius 3 is 2.90 bits per heavy atom. The lowest BCUT2D eigenvalue weighted by Crippen LogP contribution is -2.27. The first-order valence-electron chi connectivity index (χ1n) is 7.50. The van der Waals surface area contributed by atoms with Gasteiger partial charge in [0.2, 0.25) is 0 Å². The molecule has 112 valence electrons. The Hall–Kier alpha value is -1.81. The van der Waals surface area contributed by atoms with Crippen LogP contribution in [0.4, 0.5) is 0 Å². The number of para-hydroxylation sites is 1. The van der Waals surface area contributed by atoms with E-state index in [1.54, 1.807) is 0 Å². The van der Waals surface area contributed by atoms with Gasteiger partial charge in [0.1, 0.15) is 18.5 Å². The van der Waals surface area contributed by atoms with Crippen molar-refractivity contribution < 1.29 is 9.84 Å². The normalized spacial score (nSPS) is 18.2. The lowest BCUT2D eigenvalue weighted by Gasteiger charge is -2.20. The molecule has 0 spiro atoms. The van der Waals surface area contributed by atoms with Crippen LogP contribution in [0.2, 0.25) is 0 Å². The third-order valence-corrected chi connectivity index (χ3v) is 4.34. The van der Waals surface area contributed by atoms with Gasteiger partial charge in [-0.1, -0.05) is 32.9 Å². The van der Waals surface area contributed by atoms with E-state index in [2.05, 4.69) is 26.8 Å². The molecule has 0 saturated heterocycles. The second-order valence-electron chi connectivity index (χ2n) is 6.30. The lowest BCUT2D eigenvalue weighted by molar-refractivity contribution is 0.0876. The van der Waals surface area contributed by atoms with Gasteiger partial charge in [0.25, 0.3) is 0 Å². The van der Waals surface area contributed by atoms with Crippen molar-refractivity contribution in [3.05, 3.63) is 36.0 Å². The average molecular weight is 286 g/mol. The zero-order valence-electron chi connectivity index (χ0n) is 12.8. The van der Waals surface area contributed by atoms with Crippen molar-refractivity contribution in [3.8, 4) is 17.0 Å². The number of hydrogen-bond acceptors (Lipinski definition) is 3. The van der Waals surface area contributed by atoms with Crippen molar-refractivity contribution in [3.63, 3.8) is 0 Å². The molecule has 1 aromatic carbocycles. The number of hydrogen-bond donors (Lipinski definition) is 1. The van der Waals surface area contributed by atoms with Crippen molar-refractivity contribution in [1.29, 1.82) is 0 Å². The highest BCUT2D eigenvalue weighted by molar-refractivity contribution is 5.68. The molecule has 1 aliphatic heterocycles. The summed E-state index contributed by atoms with van der Waals surface area (Å²) in [6.07, 6.45) is 0.471. The van der Waals surface area contributed by atoms with E-state index in [0.717, 1.165) is 29.1 Å². The molecule has 21 heavy (non-hydrogen) atoms. The fourth-order valence-electron chi connectivity index (χ4n) is 2.53. The van der Waals surface area contributed by atoms with E-state index in [1.165, 1.54) is 0 Å². The molecule has 2 aromatic rings. The fraction of sp³-hybridized carbons (Fsp3) is 0.471. The predicted octanol–water partition coefficient (Wildman–Crippen LogP) is 2.99. The van der Waals surface area contributed by atoms with E-state index in [1.807, 2.05) is 28.9 Å². The third-order valence-electron chi connectivity index (χ3n) is 4.34. The van der Waals surface area contributed by atoms with Gasteiger partial charge in [-0.15, -0.1) is 0 Å². The van der Waals surface area contributed by atoms with E-state index in [9.17, 15) is 5.11 Å². The molecule has 1 atom stereocenters. The molecule has 2 heterocycles. The number of rotatable bonds is 2. The van der Waals surface area contributed by atoms with Gasteiger partial charge in [0, 0.05) is 11.0 Å². The number of aliphatic hydroxyl groups excluding tert-OH is 1. The molecule has 4 heteroatoms. The summed E-state index contributed by atoms with van der Waals surface area (Å²) >= 11 is 0. The average Bonchev–Trinajstić information content (AvgIpc) is 2.88.